The van der Waals surface area contributed by atoms with Gasteiger partial charge in [-0.25, -0.2) is 8.42 Å². The molecule has 3 unspecified atom stereocenters. The Balaban J connectivity index is 2.57. The predicted molar refractivity (Wildman–Crippen MR) is 79.2 cm³/mol. The highest BCUT2D eigenvalue weighted by atomic mass is 32.2. The van der Waals surface area contributed by atoms with E-state index in [-0.39, 0.29) is 5.25 Å². The van der Waals surface area contributed by atoms with Gasteiger partial charge in [-0.2, -0.15) is 0 Å². The maximum absolute atomic E-state index is 11.7. The molecule has 3 atom stereocenters. The molecule has 0 bridgehead atoms. The number of nitrogens with one attached hydrogen (secondary N) is 1. The van der Waals surface area contributed by atoms with E-state index in [0.29, 0.717) is 18.6 Å². The SMILES string of the molecule is CCCOCC(NCC)C1CCCC(S(C)(=O)=O)C1. The molecule has 1 aliphatic rings. The molecule has 1 saturated carbocycles. The molecule has 0 aromatic heterocycles. The second-order valence-corrected chi connectivity index (χ2v) is 7.94. The van der Waals surface area contributed by atoms with Crippen LogP contribution in [0.1, 0.15) is 46.0 Å². The Hall–Kier alpha value is -0.130. The molecule has 0 aliphatic heterocycles. The Morgan fingerprint density at radius 2 is 2.05 bits per heavy atom. The van der Waals surface area contributed by atoms with Crippen LogP contribution in [0.15, 0.2) is 0 Å². The van der Waals surface area contributed by atoms with Crippen LogP contribution in [0.4, 0.5) is 0 Å². The van der Waals surface area contributed by atoms with Gasteiger partial charge >= 0.3 is 0 Å². The summed E-state index contributed by atoms with van der Waals surface area (Å²) in [4.78, 5) is 0. The Kier molecular flexibility index (Phi) is 7.32. The van der Waals surface area contributed by atoms with Gasteiger partial charge in [0.25, 0.3) is 0 Å². The lowest BCUT2D eigenvalue weighted by Gasteiger charge is -2.34. The lowest BCUT2D eigenvalue weighted by molar-refractivity contribution is 0.0857. The topological polar surface area (TPSA) is 55.4 Å². The average molecular weight is 291 g/mol. The van der Waals surface area contributed by atoms with Gasteiger partial charge in [0.15, 0.2) is 0 Å². The fourth-order valence-electron chi connectivity index (χ4n) is 2.91. The van der Waals surface area contributed by atoms with Crippen molar-refractivity contribution >= 4 is 9.84 Å². The largest absolute Gasteiger partial charge is 0.380 e. The first kappa shape index (κ1) is 16.9. The van der Waals surface area contributed by atoms with Crippen molar-refractivity contribution in [2.75, 3.05) is 26.0 Å². The van der Waals surface area contributed by atoms with Crippen molar-refractivity contribution in [3.63, 3.8) is 0 Å². The van der Waals surface area contributed by atoms with Crippen molar-refractivity contribution in [2.24, 2.45) is 5.92 Å². The van der Waals surface area contributed by atoms with Crippen LogP contribution < -0.4 is 5.32 Å². The van der Waals surface area contributed by atoms with Crippen LogP contribution in [0.5, 0.6) is 0 Å². The van der Waals surface area contributed by atoms with Crippen molar-refractivity contribution in [1.82, 2.24) is 5.32 Å². The van der Waals surface area contributed by atoms with E-state index in [1.807, 2.05) is 0 Å². The monoisotopic (exact) mass is 291 g/mol. The van der Waals surface area contributed by atoms with E-state index in [2.05, 4.69) is 19.2 Å². The third-order valence-corrected chi connectivity index (χ3v) is 5.59. The second-order valence-electron chi connectivity index (χ2n) is 5.62. The number of hydrogen-bond acceptors (Lipinski definition) is 4. The molecule has 1 aliphatic carbocycles. The minimum atomic E-state index is -2.90. The molecule has 5 heteroatoms. The lowest BCUT2D eigenvalue weighted by Crippen LogP contribution is -2.43. The van der Waals surface area contributed by atoms with Crippen molar-refractivity contribution in [1.29, 1.82) is 0 Å². The Labute approximate surface area is 118 Å². The third-order valence-electron chi connectivity index (χ3n) is 3.95. The van der Waals surface area contributed by atoms with E-state index in [1.54, 1.807) is 0 Å². The van der Waals surface area contributed by atoms with Crippen molar-refractivity contribution < 1.29 is 13.2 Å². The molecular formula is C14H29NO3S. The van der Waals surface area contributed by atoms with Crippen LogP contribution in [0.3, 0.4) is 0 Å². The lowest BCUT2D eigenvalue weighted by atomic mass is 9.83. The zero-order chi connectivity index (χ0) is 14.3. The van der Waals surface area contributed by atoms with Gasteiger partial charge in [-0.1, -0.05) is 20.3 Å². The summed E-state index contributed by atoms with van der Waals surface area (Å²) in [6, 6.07) is 0.293. The summed E-state index contributed by atoms with van der Waals surface area (Å²) in [6.07, 6.45) is 6.12. The maximum atomic E-state index is 11.7. The smallest absolute Gasteiger partial charge is 0.150 e. The fourth-order valence-corrected chi connectivity index (χ4v) is 4.11. The van der Waals surface area contributed by atoms with E-state index in [0.717, 1.165) is 45.3 Å². The highest BCUT2D eigenvalue weighted by molar-refractivity contribution is 7.91. The Morgan fingerprint density at radius 3 is 2.63 bits per heavy atom. The molecule has 0 radical (unpaired) electrons. The van der Waals surface area contributed by atoms with Gasteiger partial charge in [-0.15, -0.1) is 0 Å². The Morgan fingerprint density at radius 1 is 1.32 bits per heavy atom. The van der Waals surface area contributed by atoms with Crippen LogP contribution >= 0.6 is 0 Å². The van der Waals surface area contributed by atoms with Crippen molar-refractivity contribution in [2.45, 2.75) is 57.2 Å². The first-order valence-electron chi connectivity index (χ1n) is 7.49. The van der Waals surface area contributed by atoms with Crippen molar-refractivity contribution in [3.8, 4) is 0 Å². The molecule has 19 heavy (non-hydrogen) atoms. The normalized spacial score (nSPS) is 26.3. The molecular weight excluding hydrogens is 262 g/mol. The van der Waals surface area contributed by atoms with Crippen LogP contribution in [-0.4, -0.2) is 45.7 Å². The van der Waals surface area contributed by atoms with Crippen molar-refractivity contribution in [3.05, 3.63) is 0 Å². The van der Waals surface area contributed by atoms with Crippen LogP contribution in [0, 0.1) is 5.92 Å². The number of likely N-dealkylation sites (N-methyl/N-ethyl adjacent to an activating group) is 1. The van der Waals surface area contributed by atoms with Gasteiger partial charge in [0.1, 0.15) is 9.84 Å². The maximum Gasteiger partial charge on any atom is 0.150 e. The predicted octanol–water partition coefficient (Wildman–Crippen LogP) is 1.99. The summed E-state index contributed by atoms with van der Waals surface area (Å²) < 4.78 is 29.1. The number of sulfone groups is 1. The van der Waals surface area contributed by atoms with E-state index in [9.17, 15) is 8.42 Å². The zero-order valence-corrected chi connectivity index (χ0v) is 13.3. The van der Waals surface area contributed by atoms with Gasteiger partial charge < -0.3 is 10.1 Å². The molecule has 0 aromatic carbocycles. The van der Waals surface area contributed by atoms with Gasteiger partial charge in [0.2, 0.25) is 0 Å². The van der Waals surface area contributed by atoms with Crippen LogP contribution in [0.2, 0.25) is 0 Å². The van der Waals surface area contributed by atoms with Crippen LogP contribution in [-0.2, 0) is 14.6 Å². The first-order valence-corrected chi connectivity index (χ1v) is 9.44. The van der Waals surface area contributed by atoms with Crippen LogP contribution in [0.25, 0.3) is 0 Å². The molecule has 4 nitrogen and oxygen atoms in total. The standard InChI is InChI=1S/C14H29NO3S/c1-4-9-18-11-14(15-5-2)12-7-6-8-13(10-12)19(3,16)17/h12-15H,4-11H2,1-3H3. The summed E-state index contributed by atoms with van der Waals surface area (Å²) in [6.45, 7) is 6.57. The number of hydrogen-bond donors (Lipinski definition) is 1. The molecule has 0 heterocycles. The summed E-state index contributed by atoms with van der Waals surface area (Å²) in [5.41, 5.74) is 0. The molecule has 0 amide bonds. The summed E-state index contributed by atoms with van der Waals surface area (Å²) in [5.74, 6) is 0.422. The minimum Gasteiger partial charge on any atom is -0.380 e. The average Bonchev–Trinajstić information content (AvgIpc) is 2.37. The van der Waals surface area contributed by atoms with E-state index >= 15 is 0 Å². The number of ether oxygens (including phenoxy) is 1. The summed E-state index contributed by atoms with van der Waals surface area (Å²) in [5, 5.41) is 3.31. The Bertz CT molecular complexity index is 343. The zero-order valence-electron chi connectivity index (χ0n) is 12.5. The third kappa shape index (κ3) is 5.79. The molecule has 0 saturated heterocycles. The quantitative estimate of drug-likeness (QED) is 0.695. The van der Waals surface area contributed by atoms with E-state index < -0.39 is 9.84 Å². The molecule has 1 fully saturated rings. The second kappa shape index (κ2) is 8.22. The van der Waals surface area contributed by atoms with Gasteiger partial charge in [-0.3, -0.25) is 0 Å². The molecule has 1 N–H and O–H groups in total. The van der Waals surface area contributed by atoms with Gasteiger partial charge in [0, 0.05) is 18.9 Å². The van der Waals surface area contributed by atoms with E-state index in [1.165, 1.54) is 6.26 Å². The van der Waals surface area contributed by atoms with Gasteiger partial charge in [0.05, 0.1) is 11.9 Å². The highest BCUT2D eigenvalue weighted by Crippen LogP contribution is 2.30. The molecule has 0 aromatic rings. The fraction of sp³-hybridized carbons (Fsp3) is 1.00. The molecule has 1 rings (SSSR count). The highest BCUT2D eigenvalue weighted by Gasteiger charge is 2.32. The molecule has 114 valence electrons. The number of rotatable bonds is 8. The first-order chi connectivity index (χ1) is 8.99. The minimum absolute atomic E-state index is 0.154. The summed E-state index contributed by atoms with van der Waals surface area (Å²) >= 11 is 0. The van der Waals surface area contributed by atoms with Gasteiger partial charge in [-0.05, 0) is 38.1 Å². The van der Waals surface area contributed by atoms with E-state index in [4.69, 9.17) is 4.74 Å². The summed E-state index contributed by atoms with van der Waals surface area (Å²) in [7, 11) is -2.90. The molecule has 0 spiro atoms.